The first-order valence-corrected chi connectivity index (χ1v) is 8.09. The van der Waals surface area contributed by atoms with Gasteiger partial charge in [0.25, 0.3) is 0 Å². The van der Waals surface area contributed by atoms with E-state index in [0.29, 0.717) is 0 Å². The molecule has 4 heteroatoms. The Balaban J connectivity index is 1.92. The molecule has 2 aromatic rings. The highest BCUT2D eigenvalue weighted by atomic mass is 32.1. The quantitative estimate of drug-likeness (QED) is 0.901. The van der Waals surface area contributed by atoms with Gasteiger partial charge in [0.1, 0.15) is 0 Å². The van der Waals surface area contributed by atoms with Gasteiger partial charge in [-0.15, -0.1) is 11.3 Å². The van der Waals surface area contributed by atoms with Gasteiger partial charge in [0, 0.05) is 28.7 Å². The van der Waals surface area contributed by atoms with E-state index in [1.165, 1.54) is 15.4 Å². The zero-order valence-corrected chi connectivity index (χ0v) is 14.4. The van der Waals surface area contributed by atoms with Crippen LogP contribution in [-0.2, 0) is 18.5 Å². The van der Waals surface area contributed by atoms with E-state index in [-0.39, 0.29) is 5.41 Å². The molecule has 21 heavy (non-hydrogen) atoms. The molecule has 0 saturated carbocycles. The Morgan fingerprint density at radius 1 is 1.14 bits per heavy atom. The molecule has 3 nitrogen and oxygen atoms in total. The second-order valence-corrected chi connectivity index (χ2v) is 7.79. The van der Waals surface area contributed by atoms with Gasteiger partial charge in [-0.05, 0) is 31.8 Å². The predicted molar refractivity (Wildman–Crippen MR) is 92.0 cm³/mol. The first-order valence-electron chi connectivity index (χ1n) is 7.27. The predicted octanol–water partition coefficient (Wildman–Crippen LogP) is 4.11. The summed E-state index contributed by atoms with van der Waals surface area (Å²) in [7, 11) is 4.17. The molecule has 1 N–H and O–H groups in total. The van der Waals surface area contributed by atoms with Crippen molar-refractivity contribution in [2.75, 3.05) is 19.4 Å². The molecule has 0 amide bonds. The molecule has 0 saturated heterocycles. The van der Waals surface area contributed by atoms with Crippen molar-refractivity contribution in [3.63, 3.8) is 0 Å². The Morgan fingerprint density at radius 2 is 1.81 bits per heavy atom. The fraction of sp³-hybridized carbons (Fsp3) is 0.471. The van der Waals surface area contributed by atoms with Crippen molar-refractivity contribution in [3.05, 3.63) is 45.9 Å². The standard InChI is InChI=1S/C17H25N3S/c1-17(2,3)16-19-11-15(21-16)10-18-14-8-6-13(7-9-14)12-20(4)5/h6-9,11,18H,10,12H2,1-5H3. The van der Waals surface area contributed by atoms with Gasteiger partial charge in [-0.25, -0.2) is 4.98 Å². The second kappa shape index (κ2) is 6.58. The van der Waals surface area contributed by atoms with Crippen molar-refractivity contribution in [3.8, 4) is 0 Å². The molecule has 0 atom stereocenters. The average Bonchev–Trinajstić information content (AvgIpc) is 2.86. The summed E-state index contributed by atoms with van der Waals surface area (Å²) in [4.78, 5) is 7.97. The number of aromatic nitrogens is 1. The summed E-state index contributed by atoms with van der Waals surface area (Å²) in [5, 5.41) is 4.66. The molecule has 0 spiro atoms. The lowest BCUT2D eigenvalue weighted by atomic mass is 9.98. The smallest absolute Gasteiger partial charge is 0.0981 e. The Bertz CT molecular complexity index is 564. The Hall–Kier alpha value is -1.39. The number of benzene rings is 1. The summed E-state index contributed by atoms with van der Waals surface area (Å²) in [5.41, 5.74) is 2.62. The molecule has 114 valence electrons. The molecule has 0 radical (unpaired) electrons. The molecule has 0 aliphatic rings. The maximum atomic E-state index is 4.52. The summed E-state index contributed by atoms with van der Waals surface area (Å²) in [6.07, 6.45) is 1.98. The van der Waals surface area contributed by atoms with Crippen LogP contribution in [0, 0.1) is 0 Å². The number of rotatable bonds is 5. The van der Waals surface area contributed by atoms with Crippen molar-refractivity contribution in [1.29, 1.82) is 0 Å². The molecule has 1 aromatic heterocycles. The van der Waals surface area contributed by atoms with Gasteiger partial charge in [0.05, 0.1) is 11.6 Å². The topological polar surface area (TPSA) is 28.2 Å². The third kappa shape index (κ3) is 4.83. The van der Waals surface area contributed by atoms with Crippen LogP contribution in [0.15, 0.2) is 30.5 Å². The zero-order chi connectivity index (χ0) is 15.5. The van der Waals surface area contributed by atoms with Crippen LogP contribution in [0.1, 0.15) is 36.2 Å². The van der Waals surface area contributed by atoms with Crippen LogP contribution in [0.5, 0.6) is 0 Å². The molecular weight excluding hydrogens is 278 g/mol. The van der Waals surface area contributed by atoms with Crippen molar-refractivity contribution < 1.29 is 0 Å². The van der Waals surface area contributed by atoms with E-state index in [1.807, 2.05) is 6.20 Å². The summed E-state index contributed by atoms with van der Waals surface area (Å²) in [6.45, 7) is 8.41. The Morgan fingerprint density at radius 3 is 2.33 bits per heavy atom. The fourth-order valence-corrected chi connectivity index (χ4v) is 2.93. The minimum absolute atomic E-state index is 0.136. The maximum absolute atomic E-state index is 4.52. The first-order chi connectivity index (χ1) is 9.84. The van der Waals surface area contributed by atoms with Crippen LogP contribution >= 0.6 is 11.3 Å². The monoisotopic (exact) mass is 303 g/mol. The van der Waals surface area contributed by atoms with Gasteiger partial charge in [-0.2, -0.15) is 0 Å². The Labute approximate surface area is 132 Å². The van der Waals surface area contributed by atoms with E-state index in [1.54, 1.807) is 11.3 Å². The molecule has 2 rings (SSSR count). The lowest BCUT2D eigenvalue weighted by Crippen LogP contribution is -2.10. The van der Waals surface area contributed by atoms with Crippen LogP contribution in [-0.4, -0.2) is 24.0 Å². The van der Waals surface area contributed by atoms with Gasteiger partial charge < -0.3 is 10.2 Å². The normalized spacial score (nSPS) is 11.9. The van der Waals surface area contributed by atoms with E-state index < -0.39 is 0 Å². The molecule has 0 bridgehead atoms. The summed E-state index contributed by atoms with van der Waals surface area (Å²) >= 11 is 1.79. The number of nitrogens with one attached hydrogen (secondary N) is 1. The highest BCUT2D eigenvalue weighted by Gasteiger charge is 2.17. The lowest BCUT2D eigenvalue weighted by molar-refractivity contribution is 0.402. The van der Waals surface area contributed by atoms with Crippen LogP contribution in [0.2, 0.25) is 0 Å². The van der Waals surface area contributed by atoms with E-state index in [2.05, 4.69) is 74.3 Å². The van der Waals surface area contributed by atoms with E-state index in [0.717, 1.165) is 18.8 Å². The van der Waals surface area contributed by atoms with Crippen molar-refractivity contribution in [2.45, 2.75) is 39.3 Å². The molecule has 1 heterocycles. The van der Waals surface area contributed by atoms with E-state index in [9.17, 15) is 0 Å². The average molecular weight is 303 g/mol. The molecular formula is C17H25N3S. The largest absolute Gasteiger partial charge is 0.380 e. The van der Waals surface area contributed by atoms with Gasteiger partial charge in [0.2, 0.25) is 0 Å². The molecule has 0 fully saturated rings. The zero-order valence-electron chi connectivity index (χ0n) is 13.6. The Kier molecular flexibility index (Phi) is 5.01. The number of anilines is 1. The van der Waals surface area contributed by atoms with Gasteiger partial charge in [0.15, 0.2) is 0 Å². The maximum Gasteiger partial charge on any atom is 0.0981 e. The minimum Gasteiger partial charge on any atom is -0.380 e. The summed E-state index contributed by atoms with van der Waals surface area (Å²) in [6, 6.07) is 8.64. The van der Waals surface area contributed by atoms with E-state index >= 15 is 0 Å². The van der Waals surface area contributed by atoms with Crippen LogP contribution < -0.4 is 5.32 Å². The van der Waals surface area contributed by atoms with Gasteiger partial charge in [-0.1, -0.05) is 32.9 Å². The third-order valence-electron chi connectivity index (χ3n) is 3.11. The molecule has 0 aliphatic carbocycles. The third-order valence-corrected chi connectivity index (χ3v) is 4.54. The molecule has 0 aliphatic heterocycles. The van der Waals surface area contributed by atoms with Crippen LogP contribution in [0.25, 0.3) is 0 Å². The number of nitrogens with zero attached hydrogens (tertiary/aromatic N) is 2. The number of hydrogen-bond acceptors (Lipinski definition) is 4. The first kappa shape index (κ1) is 16.0. The highest BCUT2D eigenvalue weighted by Crippen LogP contribution is 2.27. The van der Waals surface area contributed by atoms with Crippen molar-refractivity contribution >= 4 is 17.0 Å². The molecule has 1 aromatic carbocycles. The van der Waals surface area contributed by atoms with E-state index in [4.69, 9.17) is 0 Å². The van der Waals surface area contributed by atoms with Gasteiger partial charge >= 0.3 is 0 Å². The molecule has 0 unspecified atom stereocenters. The highest BCUT2D eigenvalue weighted by molar-refractivity contribution is 7.11. The lowest BCUT2D eigenvalue weighted by Gasteiger charge is -2.13. The summed E-state index contributed by atoms with van der Waals surface area (Å²) in [5.74, 6) is 0. The SMILES string of the molecule is CN(C)Cc1ccc(NCc2cnc(C(C)(C)C)s2)cc1. The fourth-order valence-electron chi connectivity index (χ4n) is 2.02. The summed E-state index contributed by atoms with van der Waals surface area (Å²) < 4.78 is 0. The van der Waals surface area contributed by atoms with Crippen LogP contribution in [0.3, 0.4) is 0 Å². The number of hydrogen-bond donors (Lipinski definition) is 1. The van der Waals surface area contributed by atoms with Gasteiger partial charge in [-0.3, -0.25) is 0 Å². The van der Waals surface area contributed by atoms with Crippen LogP contribution in [0.4, 0.5) is 5.69 Å². The number of thiazole rings is 1. The van der Waals surface area contributed by atoms with Crippen molar-refractivity contribution in [1.82, 2.24) is 9.88 Å². The van der Waals surface area contributed by atoms with Crippen molar-refractivity contribution in [2.24, 2.45) is 0 Å². The second-order valence-electron chi connectivity index (χ2n) is 6.67. The minimum atomic E-state index is 0.136.